The fourth-order valence-electron chi connectivity index (χ4n) is 4.07. The molecule has 1 saturated heterocycles. The summed E-state index contributed by atoms with van der Waals surface area (Å²) in [5.41, 5.74) is 2.96. The smallest absolute Gasteiger partial charge is 0.261 e. The molecule has 1 aliphatic rings. The molecule has 4 aromatic rings. The Labute approximate surface area is 176 Å². The van der Waals surface area contributed by atoms with Crippen molar-refractivity contribution in [2.45, 2.75) is 19.9 Å². The maximum absolute atomic E-state index is 12.6. The van der Waals surface area contributed by atoms with E-state index < -0.39 is 18.5 Å². The van der Waals surface area contributed by atoms with E-state index in [0.717, 1.165) is 53.5 Å². The van der Waals surface area contributed by atoms with Crippen molar-refractivity contribution in [1.29, 1.82) is 0 Å². The van der Waals surface area contributed by atoms with Gasteiger partial charge in [-0.25, -0.2) is 23.3 Å². The molecule has 10 heteroatoms. The lowest BCUT2D eigenvalue weighted by molar-refractivity contribution is 0.125. The van der Waals surface area contributed by atoms with Crippen molar-refractivity contribution in [3.8, 4) is 0 Å². The number of hydrogen-bond acceptors (Lipinski definition) is 6. The van der Waals surface area contributed by atoms with E-state index in [4.69, 9.17) is 0 Å². The first-order valence-corrected chi connectivity index (χ1v) is 10.1. The number of rotatable bonds is 4. The molecule has 0 amide bonds. The number of aromatic nitrogens is 5. The van der Waals surface area contributed by atoms with Crippen LogP contribution in [0.4, 0.5) is 20.3 Å². The topological polar surface area (TPSA) is 71.6 Å². The second-order valence-electron chi connectivity index (χ2n) is 7.64. The van der Waals surface area contributed by atoms with Crippen LogP contribution in [0.1, 0.15) is 5.69 Å². The number of hydrogen-bond donors (Lipinski definition) is 0. The summed E-state index contributed by atoms with van der Waals surface area (Å²) >= 11 is 0. The largest absolute Gasteiger partial charge is 0.368 e. The Balaban J connectivity index is 1.36. The van der Waals surface area contributed by atoms with Crippen molar-refractivity contribution in [1.82, 2.24) is 24.1 Å². The van der Waals surface area contributed by atoms with Gasteiger partial charge in [0.25, 0.3) is 12.0 Å². The summed E-state index contributed by atoms with van der Waals surface area (Å²) in [6.45, 7) is 4.46. The van der Waals surface area contributed by atoms with E-state index in [0.29, 0.717) is 10.9 Å². The van der Waals surface area contributed by atoms with Gasteiger partial charge in [0, 0.05) is 44.3 Å². The van der Waals surface area contributed by atoms with E-state index in [1.807, 2.05) is 35.8 Å². The van der Waals surface area contributed by atoms with Gasteiger partial charge in [0.15, 0.2) is 5.82 Å². The standard InChI is InChI=1S/C21H21F2N7O/c1-14-10-18-20(24-4-5-30(18)26-14)28-8-6-27(7-9-28)15-2-3-16-17(11-15)25-13-29(21(16)31)12-19(22)23/h2-5,10-11,13,19H,6-9,12H2,1H3. The van der Waals surface area contributed by atoms with Gasteiger partial charge in [-0.2, -0.15) is 5.10 Å². The summed E-state index contributed by atoms with van der Waals surface area (Å²) in [4.78, 5) is 25.7. The zero-order valence-electron chi connectivity index (χ0n) is 16.9. The monoisotopic (exact) mass is 425 g/mol. The third-order valence-corrected chi connectivity index (χ3v) is 5.58. The molecule has 0 atom stereocenters. The Morgan fingerprint density at radius 3 is 2.61 bits per heavy atom. The van der Waals surface area contributed by atoms with Gasteiger partial charge in [0.1, 0.15) is 5.52 Å². The van der Waals surface area contributed by atoms with Crippen LogP contribution in [0.25, 0.3) is 16.4 Å². The fraction of sp³-hybridized carbons (Fsp3) is 0.333. The maximum atomic E-state index is 12.6. The van der Waals surface area contributed by atoms with E-state index in [1.165, 1.54) is 6.33 Å². The molecule has 0 unspecified atom stereocenters. The molecule has 0 aliphatic carbocycles. The van der Waals surface area contributed by atoms with Gasteiger partial charge in [0.2, 0.25) is 0 Å². The fourth-order valence-corrected chi connectivity index (χ4v) is 4.07. The Morgan fingerprint density at radius 2 is 1.84 bits per heavy atom. The van der Waals surface area contributed by atoms with Crippen molar-refractivity contribution >= 4 is 27.9 Å². The van der Waals surface area contributed by atoms with Crippen molar-refractivity contribution in [2.75, 3.05) is 36.0 Å². The molecule has 0 bridgehead atoms. The summed E-state index contributed by atoms with van der Waals surface area (Å²) in [7, 11) is 0. The predicted octanol–water partition coefficient (Wildman–Crippen LogP) is 2.34. The van der Waals surface area contributed by atoms with Gasteiger partial charge in [-0.05, 0) is 31.2 Å². The predicted molar refractivity (Wildman–Crippen MR) is 114 cm³/mol. The Kier molecular flexibility index (Phi) is 4.76. The minimum atomic E-state index is -2.60. The zero-order chi connectivity index (χ0) is 21.5. The first-order chi connectivity index (χ1) is 15.0. The minimum absolute atomic E-state index is 0.345. The molecule has 8 nitrogen and oxygen atoms in total. The summed E-state index contributed by atoms with van der Waals surface area (Å²) in [6.07, 6.45) is 2.20. The lowest BCUT2D eigenvalue weighted by Gasteiger charge is -2.36. The van der Waals surface area contributed by atoms with E-state index in [9.17, 15) is 13.6 Å². The molecule has 0 radical (unpaired) electrons. The van der Waals surface area contributed by atoms with Crippen LogP contribution in [-0.4, -0.2) is 56.8 Å². The molecular formula is C21H21F2N7O. The molecular weight excluding hydrogens is 404 g/mol. The number of halogens is 2. The van der Waals surface area contributed by atoms with E-state index in [-0.39, 0.29) is 0 Å². The van der Waals surface area contributed by atoms with E-state index in [1.54, 1.807) is 12.3 Å². The molecule has 1 fully saturated rings. The van der Waals surface area contributed by atoms with Crippen LogP contribution in [0.3, 0.4) is 0 Å². The summed E-state index contributed by atoms with van der Waals surface area (Å²) < 4.78 is 28.1. The minimum Gasteiger partial charge on any atom is -0.368 e. The van der Waals surface area contributed by atoms with Crippen LogP contribution in [0.15, 0.2) is 47.8 Å². The highest BCUT2D eigenvalue weighted by atomic mass is 19.3. The Bertz CT molecular complexity index is 1310. The van der Waals surface area contributed by atoms with Gasteiger partial charge in [-0.3, -0.25) is 9.36 Å². The normalized spacial score (nSPS) is 14.8. The lowest BCUT2D eigenvalue weighted by Crippen LogP contribution is -2.47. The van der Waals surface area contributed by atoms with Gasteiger partial charge in [-0.1, -0.05) is 0 Å². The number of piperazine rings is 1. The Morgan fingerprint density at radius 1 is 1.06 bits per heavy atom. The van der Waals surface area contributed by atoms with Gasteiger partial charge in [0.05, 0.1) is 29.5 Å². The van der Waals surface area contributed by atoms with Crippen LogP contribution >= 0.6 is 0 Å². The van der Waals surface area contributed by atoms with Crippen molar-refractivity contribution < 1.29 is 8.78 Å². The molecule has 1 aromatic carbocycles. The maximum Gasteiger partial charge on any atom is 0.261 e. The molecule has 0 N–H and O–H groups in total. The quantitative estimate of drug-likeness (QED) is 0.500. The molecule has 1 aliphatic heterocycles. The molecule has 160 valence electrons. The highest BCUT2D eigenvalue weighted by Crippen LogP contribution is 2.24. The molecule has 3 aromatic heterocycles. The summed E-state index contributed by atoms with van der Waals surface area (Å²) in [6, 6.07) is 7.40. The van der Waals surface area contributed by atoms with Crippen LogP contribution < -0.4 is 15.4 Å². The third-order valence-electron chi connectivity index (χ3n) is 5.58. The van der Waals surface area contributed by atoms with Crippen molar-refractivity contribution in [3.63, 3.8) is 0 Å². The van der Waals surface area contributed by atoms with Crippen LogP contribution in [0.2, 0.25) is 0 Å². The molecule has 0 saturated carbocycles. The van der Waals surface area contributed by atoms with Gasteiger partial charge >= 0.3 is 0 Å². The van der Waals surface area contributed by atoms with Crippen LogP contribution in [0.5, 0.6) is 0 Å². The zero-order valence-corrected chi connectivity index (χ0v) is 16.9. The average molecular weight is 425 g/mol. The average Bonchev–Trinajstić information content (AvgIpc) is 3.15. The van der Waals surface area contributed by atoms with E-state index >= 15 is 0 Å². The first-order valence-electron chi connectivity index (χ1n) is 10.1. The lowest BCUT2D eigenvalue weighted by atomic mass is 10.2. The molecule has 4 heterocycles. The number of alkyl halides is 2. The van der Waals surface area contributed by atoms with Crippen LogP contribution in [-0.2, 0) is 6.54 Å². The summed E-state index contributed by atoms with van der Waals surface area (Å²) in [5.74, 6) is 0.919. The highest BCUT2D eigenvalue weighted by molar-refractivity contribution is 5.81. The first kappa shape index (κ1) is 19.4. The molecule has 0 spiro atoms. The third kappa shape index (κ3) is 3.58. The second kappa shape index (κ2) is 7.60. The second-order valence-corrected chi connectivity index (χ2v) is 7.64. The van der Waals surface area contributed by atoms with Gasteiger partial charge in [-0.15, -0.1) is 0 Å². The number of fused-ring (bicyclic) bond motifs is 2. The highest BCUT2D eigenvalue weighted by Gasteiger charge is 2.21. The molecule has 5 rings (SSSR count). The van der Waals surface area contributed by atoms with Gasteiger partial charge < -0.3 is 9.80 Å². The number of benzene rings is 1. The number of nitrogens with zero attached hydrogens (tertiary/aromatic N) is 7. The number of anilines is 2. The summed E-state index contributed by atoms with van der Waals surface area (Å²) in [5, 5.41) is 4.80. The Hall–Kier alpha value is -3.56. The number of aryl methyl sites for hydroxylation is 1. The van der Waals surface area contributed by atoms with Crippen molar-refractivity contribution in [2.24, 2.45) is 0 Å². The SMILES string of the molecule is Cc1cc2c(N3CCN(c4ccc5c(=O)n(CC(F)F)cnc5c4)CC3)nccn2n1. The molecule has 31 heavy (non-hydrogen) atoms. The van der Waals surface area contributed by atoms with Crippen molar-refractivity contribution in [3.05, 3.63) is 59.0 Å². The van der Waals surface area contributed by atoms with E-state index in [2.05, 4.69) is 24.9 Å². The van der Waals surface area contributed by atoms with Crippen LogP contribution in [0, 0.1) is 6.92 Å².